The summed E-state index contributed by atoms with van der Waals surface area (Å²) in [5, 5.41) is 0. The van der Waals surface area contributed by atoms with Crippen LogP contribution in [0.2, 0.25) is 0 Å². The molecule has 0 aliphatic carbocycles. The van der Waals surface area contributed by atoms with Crippen LogP contribution < -0.4 is 0 Å². The Morgan fingerprint density at radius 3 is 1.36 bits per heavy atom. The first kappa shape index (κ1) is 13.3. The molecule has 0 rings (SSSR count). The van der Waals surface area contributed by atoms with Crippen molar-refractivity contribution >= 4 is 11.6 Å². The standard InChI is InChI=1S/C12H22O2/c1-9(5-7-11(3)13)10(2)6-8-12(4)14/h9-10H,5-8H2,1-4H3. The van der Waals surface area contributed by atoms with E-state index in [0.717, 1.165) is 12.8 Å². The molecule has 0 fully saturated rings. The molecule has 2 heteroatoms. The highest BCUT2D eigenvalue weighted by Crippen LogP contribution is 2.21. The van der Waals surface area contributed by atoms with Crippen LogP contribution in [0.1, 0.15) is 53.4 Å². The molecule has 0 aliphatic rings. The maximum Gasteiger partial charge on any atom is 0.129 e. The highest BCUT2D eigenvalue weighted by Gasteiger charge is 2.13. The Morgan fingerprint density at radius 1 is 0.857 bits per heavy atom. The Kier molecular flexibility index (Phi) is 6.43. The molecular formula is C12H22O2. The van der Waals surface area contributed by atoms with E-state index in [1.165, 1.54) is 0 Å². The fourth-order valence-electron chi connectivity index (χ4n) is 1.43. The summed E-state index contributed by atoms with van der Waals surface area (Å²) < 4.78 is 0. The van der Waals surface area contributed by atoms with E-state index in [1.807, 2.05) is 0 Å². The number of carbonyl (C=O) groups is 2. The van der Waals surface area contributed by atoms with E-state index in [1.54, 1.807) is 13.8 Å². The fraction of sp³-hybridized carbons (Fsp3) is 0.833. The Labute approximate surface area is 87.1 Å². The van der Waals surface area contributed by atoms with Gasteiger partial charge in [-0.2, -0.15) is 0 Å². The maximum absolute atomic E-state index is 10.8. The average molecular weight is 198 g/mol. The van der Waals surface area contributed by atoms with Crippen molar-refractivity contribution in [3.63, 3.8) is 0 Å². The zero-order valence-corrected chi connectivity index (χ0v) is 9.80. The van der Waals surface area contributed by atoms with Crippen LogP contribution in [-0.4, -0.2) is 11.6 Å². The molecule has 0 aliphatic heterocycles. The fourth-order valence-corrected chi connectivity index (χ4v) is 1.43. The molecule has 0 aromatic heterocycles. The molecule has 0 aromatic carbocycles. The van der Waals surface area contributed by atoms with Gasteiger partial charge in [0.25, 0.3) is 0 Å². The maximum atomic E-state index is 10.8. The van der Waals surface area contributed by atoms with Crippen molar-refractivity contribution < 1.29 is 9.59 Å². The predicted molar refractivity (Wildman–Crippen MR) is 58.2 cm³/mol. The molecule has 14 heavy (non-hydrogen) atoms. The molecule has 0 radical (unpaired) electrons. The van der Waals surface area contributed by atoms with Gasteiger partial charge in [-0.3, -0.25) is 0 Å². The van der Waals surface area contributed by atoms with Crippen LogP contribution in [0.15, 0.2) is 0 Å². The minimum Gasteiger partial charge on any atom is -0.300 e. The Bertz CT molecular complexity index is 174. The van der Waals surface area contributed by atoms with Gasteiger partial charge < -0.3 is 9.59 Å². The summed E-state index contributed by atoms with van der Waals surface area (Å²) in [7, 11) is 0. The van der Waals surface area contributed by atoms with Crippen LogP contribution >= 0.6 is 0 Å². The molecule has 0 aromatic rings. The minimum absolute atomic E-state index is 0.260. The quantitative estimate of drug-likeness (QED) is 0.630. The lowest BCUT2D eigenvalue weighted by Gasteiger charge is -2.18. The Morgan fingerprint density at radius 2 is 1.14 bits per heavy atom. The lowest BCUT2D eigenvalue weighted by atomic mass is 9.87. The van der Waals surface area contributed by atoms with Crippen molar-refractivity contribution in [2.75, 3.05) is 0 Å². The zero-order chi connectivity index (χ0) is 11.1. The highest BCUT2D eigenvalue weighted by molar-refractivity contribution is 5.75. The summed E-state index contributed by atoms with van der Waals surface area (Å²) in [6.07, 6.45) is 3.25. The number of rotatable bonds is 7. The molecule has 82 valence electrons. The van der Waals surface area contributed by atoms with Gasteiger partial charge in [0, 0.05) is 12.8 Å². The van der Waals surface area contributed by atoms with E-state index in [2.05, 4.69) is 13.8 Å². The first-order chi connectivity index (χ1) is 6.43. The van der Waals surface area contributed by atoms with Gasteiger partial charge in [0.2, 0.25) is 0 Å². The summed E-state index contributed by atoms with van der Waals surface area (Å²) in [4.78, 5) is 21.6. The van der Waals surface area contributed by atoms with Gasteiger partial charge >= 0.3 is 0 Å². The van der Waals surface area contributed by atoms with Crippen LogP contribution in [0, 0.1) is 11.8 Å². The molecule has 2 nitrogen and oxygen atoms in total. The SMILES string of the molecule is CC(=O)CCC(C)C(C)CCC(C)=O. The number of carbonyl (C=O) groups excluding carboxylic acids is 2. The third-order valence-electron chi connectivity index (χ3n) is 2.87. The van der Waals surface area contributed by atoms with Crippen molar-refractivity contribution in [3.8, 4) is 0 Å². The first-order valence-electron chi connectivity index (χ1n) is 5.42. The van der Waals surface area contributed by atoms with E-state index in [4.69, 9.17) is 0 Å². The number of Topliss-reactive ketones (excluding diaryl/α,β-unsaturated/α-hetero) is 2. The van der Waals surface area contributed by atoms with Gasteiger partial charge in [0.1, 0.15) is 11.6 Å². The van der Waals surface area contributed by atoms with Gasteiger partial charge in [-0.05, 0) is 38.5 Å². The van der Waals surface area contributed by atoms with Crippen molar-refractivity contribution in [1.29, 1.82) is 0 Å². The van der Waals surface area contributed by atoms with Gasteiger partial charge in [0.05, 0.1) is 0 Å². The molecule has 0 bridgehead atoms. The van der Waals surface area contributed by atoms with Gasteiger partial charge in [-0.15, -0.1) is 0 Å². The zero-order valence-electron chi connectivity index (χ0n) is 9.80. The molecule has 0 spiro atoms. The topological polar surface area (TPSA) is 34.1 Å². The van der Waals surface area contributed by atoms with Gasteiger partial charge in [-0.25, -0.2) is 0 Å². The van der Waals surface area contributed by atoms with Crippen LogP contribution in [0.25, 0.3) is 0 Å². The minimum atomic E-state index is 0.260. The summed E-state index contributed by atoms with van der Waals surface area (Å²) >= 11 is 0. The van der Waals surface area contributed by atoms with Crippen molar-refractivity contribution in [2.45, 2.75) is 53.4 Å². The lowest BCUT2D eigenvalue weighted by Crippen LogP contribution is -2.10. The summed E-state index contributed by atoms with van der Waals surface area (Å²) in [6.45, 7) is 7.58. The molecule has 2 unspecified atom stereocenters. The molecular weight excluding hydrogens is 176 g/mol. The largest absolute Gasteiger partial charge is 0.300 e. The number of ketones is 2. The van der Waals surface area contributed by atoms with Crippen LogP contribution in [0.4, 0.5) is 0 Å². The molecule has 0 saturated heterocycles. The van der Waals surface area contributed by atoms with Crippen LogP contribution in [-0.2, 0) is 9.59 Å². The van der Waals surface area contributed by atoms with Crippen LogP contribution in [0.5, 0.6) is 0 Å². The molecule has 2 atom stereocenters. The summed E-state index contributed by atoms with van der Waals surface area (Å²) in [5.74, 6) is 1.60. The van der Waals surface area contributed by atoms with Gasteiger partial charge in [-0.1, -0.05) is 13.8 Å². The molecule has 0 saturated carbocycles. The average Bonchev–Trinajstić information content (AvgIpc) is 2.09. The predicted octanol–water partition coefficient (Wildman–Crippen LogP) is 3.00. The molecule has 0 amide bonds. The molecule has 0 N–H and O–H groups in total. The van der Waals surface area contributed by atoms with E-state index in [0.29, 0.717) is 24.7 Å². The third kappa shape index (κ3) is 6.81. The van der Waals surface area contributed by atoms with E-state index < -0.39 is 0 Å². The molecule has 0 heterocycles. The van der Waals surface area contributed by atoms with Crippen LogP contribution in [0.3, 0.4) is 0 Å². The monoisotopic (exact) mass is 198 g/mol. The van der Waals surface area contributed by atoms with Crippen molar-refractivity contribution in [2.24, 2.45) is 11.8 Å². The van der Waals surface area contributed by atoms with Gasteiger partial charge in [0.15, 0.2) is 0 Å². The second kappa shape index (κ2) is 6.74. The smallest absolute Gasteiger partial charge is 0.129 e. The van der Waals surface area contributed by atoms with E-state index in [-0.39, 0.29) is 11.6 Å². The van der Waals surface area contributed by atoms with E-state index in [9.17, 15) is 9.59 Å². The summed E-state index contributed by atoms with van der Waals surface area (Å²) in [6, 6.07) is 0. The normalized spacial score (nSPS) is 14.9. The first-order valence-corrected chi connectivity index (χ1v) is 5.42. The van der Waals surface area contributed by atoms with Crippen molar-refractivity contribution in [1.82, 2.24) is 0 Å². The Balaban J connectivity index is 3.69. The second-order valence-electron chi connectivity index (χ2n) is 4.44. The third-order valence-corrected chi connectivity index (χ3v) is 2.87. The number of hydrogen-bond acceptors (Lipinski definition) is 2. The highest BCUT2D eigenvalue weighted by atomic mass is 16.1. The Hall–Kier alpha value is -0.660. The number of hydrogen-bond donors (Lipinski definition) is 0. The van der Waals surface area contributed by atoms with E-state index >= 15 is 0 Å². The van der Waals surface area contributed by atoms with Crippen molar-refractivity contribution in [3.05, 3.63) is 0 Å². The summed E-state index contributed by atoms with van der Waals surface area (Å²) in [5.41, 5.74) is 0. The second-order valence-corrected chi connectivity index (χ2v) is 4.44. The lowest BCUT2D eigenvalue weighted by molar-refractivity contribution is -0.118.